The van der Waals surface area contributed by atoms with Crippen LogP contribution in [0.5, 0.6) is 6.01 Å². The van der Waals surface area contributed by atoms with Gasteiger partial charge < -0.3 is 29.4 Å². The lowest BCUT2D eigenvalue weighted by atomic mass is 9.98. The number of fused-ring (bicyclic) bond motifs is 1. The predicted octanol–water partition coefficient (Wildman–Crippen LogP) is 5.00. The molecular weight excluding hydrogens is 558 g/mol. The zero-order chi connectivity index (χ0) is 29.1. The van der Waals surface area contributed by atoms with E-state index < -0.39 is 12.1 Å². The van der Waals surface area contributed by atoms with Gasteiger partial charge in [-0.3, -0.25) is 4.90 Å². The normalized spacial score (nSPS) is 19.6. The van der Waals surface area contributed by atoms with Crippen molar-refractivity contribution in [2.24, 2.45) is 5.92 Å². The Kier molecular flexibility index (Phi) is 8.73. The maximum absolute atomic E-state index is 11.3. The smallest absolute Gasteiger partial charge is 0.332 e. The van der Waals surface area contributed by atoms with Crippen LogP contribution in [0.4, 0.5) is 0 Å². The van der Waals surface area contributed by atoms with E-state index in [0.717, 1.165) is 59.5 Å². The van der Waals surface area contributed by atoms with Crippen molar-refractivity contribution in [1.29, 1.82) is 0 Å². The Hall–Kier alpha value is -3.47. The van der Waals surface area contributed by atoms with Gasteiger partial charge in [-0.1, -0.05) is 60.1 Å². The van der Waals surface area contributed by atoms with Crippen molar-refractivity contribution in [3.63, 3.8) is 0 Å². The Balaban J connectivity index is 1.08. The number of hydrogen-bond donors (Lipinski definition) is 3. The first kappa shape index (κ1) is 28.6. The Morgan fingerprint density at radius 3 is 2.50 bits per heavy atom. The van der Waals surface area contributed by atoms with Gasteiger partial charge in [0.15, 0.2) is 6.10 Å². The molecule has 0 unspecified atom stereocenters. The molecule has 1 aromatic heterocycles. The molecule has 0 radical (unpaired) electrons. The van der Waals surface area contributed by atoms with E-state index in [-0.39, 0.29) is 19.1 Å². The summed E-state index contributed by atoms with van der Waals surface area (Å²) in [6.07, 6.45) is -0.279. The fourth-order valence-corrected chi connectivity index (χ4v) is 5.89. The molecule has 220 valence electrons. The first-order chi connectivity index (χ1) is 20.4. The maximum Gasteiger partial charge on any atom is 0.332 e. The molecule has 3 N–H and O–H groups in total. The van der Waals surface area contributed by atoms with Gasteiger partial charge in [-0.2, -0.15) is 4.98 Å². The zero-order valence-electron chi connectivity index (χ0n) is 23.2. The molecule has 0 saturated carbocycles. The molecule has 4 aromatic rings. The number of carbonyl (C=O) groups is 1. The number of aliphatic hydroxyl groups is 1. The molecule has 0 aliphatic carbocycles. The van der Waals surface area contributed by atoms with Crippen molar-refractivity contribution in [3.8, 4) is 28.3 Å². The van der Waals surface area contributed by atoms with Crippen molar-refractivity contribution in [2.45, 2.75) is 31.6 Å². The van der Waals surface area contributed by atoms with E-state index in [4.69, 9.17) is 30.9 Å². The summed E-state index contributed by atoms with van der Waals surface area (Å²) in [6, 6.07) is 21.1. The second kappa shape index (κ2) is 12.8. The number of halogens is 1. The van der Waals surface area contributed by atoms with Gasteiger partial charge in [0.05, 0.1) is 42.5 Å². The third-order valence-electron chi connectivity index (χ3n) is 7.85. The van der Waals surface area contributed by atoms with Crippen LogP contribution in [-0.4, -0.2) is 82.8 Å². The number of nitrogens with one attached hydrogen (secondary N) is 1. The molecular formula is C32H34ClN3O6. The minimum Gasteiger partial charge on any atom is -0.479 e. The minimum absolute atomic E-state index is 0.0776. The van der Waals surface area contributed by atoms with Crippen LogP contribution in [0, 0.1) is 5.92 Å². The van der Waals surface area contributed by atoms with Gasteiger partial charge >= 0.3 is 5.97 Å². The monoisotopic (exact) mass is 591 g/mol. The first-order valence-corrected chi connectivity index (χ1v) is 14.6. The highest BCUT2D eigenvalue weighted by Crippen LogP contribution is 2.34. The lowest BCUT2D eigenvalue weighted by Gasteiger charge is -2.39. The predicted molar refractivity (Wildman–Crippen MR) is 160 cm³/mol. The number of nitrogens with zero attached hydrogens (tertiary/aromatic N) is 2. The molecule has 2 aliphatic rings. The van der Waals surface area contributed by atoms with Gasteiger partial charge in [-0.05, 0) is 34.4 Å². The number of imidazole rings is 1. The average Bonchev–Trinajstić information content (AvgIpc) is 3.36. The van der Waals surface area contributed by atoms with Crippen molar-refractivity contribution in [2.75, 3.05) is 39.5 Å². The number of carboxylic acid groups (broad SMARTS) is 1. The van der Waals surface area contributed by atoms with E-state index in [1.165, 1.54) is 5.56 Å². The van der Waals surface area contributed by atoms with Crippen LogP contribution < -0.4 is 4.74 Å². The van der Waals surface area contributed by atoms with Gasteiger partial charge in [0.1, 0.15) is 6.10 Å². The number of hydrogen-bond acceptors (Lipinski definition) is 7. The highest BCUT2D eigenvalue weighted by atomic mass is 35.5. The number of aliphatic carboxylic acids is 1. The second-order valence-corrected chi connectivity index (χ2v) is 11.4. The molecule has 0 amide bonds. The Morgan fingerprint density at radius 1 is 1.07 bits per heavy atom. The van der Waals surface area contributed by atoms with E-state index in [1.54, 1.807) is 0 Å². The quantitative estimate of drug-likeness (QED) is 0.209. The first-order valence-electron chi connectivity index (χ1n) is 14.3. The van der Waals surface area contributed by atoms with Crippen LogP contribution in [0.3, 0.4) is 0 Å². The summed E-state index contributed by atoms with van der Waals surface area (Å²) >= 11 is 6.67. The molecule has 2 atom stereocenters. The molecule has 3 aromatic carbocycles. The van der Waals surface area contributed by atoms with E-state index in [9.17, 15) is 9.90 Å². The molecule has 2 aliphatic heterocycles. The van der Waals surface area contributed by atoms with Gasteiger partial charge in [0.25, 0.3) is 6.01 Å². The van der Waals surface area contributed by atoms with Crippen LogP contribution in [0.15, 0.2) is 60.7 Å². The zero-order valence-corrected chi connectivity index (χ0v) is 23.9. The topological polar surface area (TPSA) is 117 Å². The fourth-order valence-electron chi connectivity index (χ4n) is 5.62. The summed E-state index contributed by atoms with van der Waals surface area (Å²) in [4.78, 5) is 21.4. The van der Waals surface area contributed by atoms with Gasteiger partial charge in [-0.25, -0.2) is 4.79 Å². The van der Waals surface area contributed by atoms with Crippen LogP contribution in [0.1, 0.15) is 18.4 Å². The van der Waals surface area contributed by atoms with Crippen molar-refractivity contribution < 1.29 is 29.2 Å². The lowest BCUT2D eigenvalue weighted by molar-refractivity contribution is -0.156. The van der Waals surface area contributed by atoms with E-state index in [1.807, 2.05) is 12.1 Å². The fraction of sp³-hybridized carbons (Fsp3) is 0.375. The standard InChI is InChI=1S/C32H34ClN3O6/c33-27-15-29-28(34-32(35-29)42-25-9-11-41-30(13-25)31(38)39)14-26(27)24-7-5-23(6-8-24)22-3-1-20(2-4-22)16-36-17-21(18-36)19-40-12-10-37/h1-8,14-15,21,25,30,37H,9-13,16-19H2,(H,34,35)(H,38,39)/t25-,30+/m1/s1. The molecule has 2 fully saturated rings. The van der Waals surface area contributed by atoms with Gasteiger partial charge in [0, 0.05) is 44.0 Å². The summed E-state index contributed by atoms with van der Waals surface area (Å²) in [5, 5.41) is 18.7. The SMILES string of the molecule is O=C(O)[C@@H]1C[C@H](Oc2nc3cc(-c4ccc(-c5ccc(CN6CC(COCCO)C6)cc5)cc4)c(Cl)cc3[nH]2)CCO1. The number of H-pyrrole nitrogens is 1. The second-order valence-electron chi connectivity index (χ2n) is 11.0. The third-order valence-corrected chi connectivity index (χ3v) is 8.16. The van der Waals surface area contributed by atoms with Gasteiger partial charge in [-0.15, -0.1) is 0 Å². The molecule has 6 rings (SSSR count). The number of likely N-dealkylation sites (tertiary alicyclic amines) is 1. The molecule has 42 heavy (non-hydrogen) atoms. The lowest BCUT2D eigenvalue weighted by Crippen LogP contribution is -2.48. The Labute approximate surface area is 249 Å². The van der Waals surface area contributed by atoms with Crippen molar-refractivity contribution in [3.05, 3.63) is 71.2 Å². The largest absolute Gasteiger partial charge is 0.479 e. The van der Waals surface area contributed by atoms with E-state index in [0.29, 0.717) is 36.6 Å². The number of aliphatic hydroxyl groups excluding tert-OH is 1. The van der Waals surface area contributed by atoms with Crippen molar-refractivity contribution in [1.82, 2.24) is 14.9 Å². The Bertz CT molecular complexity index is 1520. The van der Waals surface area contributed by atoms with E-state index >= 15 is 0 Å². The number of carboxylic acids is 1. The average molecular weight is 592 g/mol. The summed E-state index contributed by atoms with van der Waals surface area (Å²) < 4.78 is 16.7. The molecule has 10 heteroatoms. The summed E-state index contributed by atoms with van der Waals surface area (Å²) in [5.41, 5.74) is 6.88. The highest BCUT2D eigenvalue weighted by Gasteiger charge is 2.30. The maximum atomic E-state index is 11.3. The number of aromatic nitrogens is 2. The van der Waals surface area contributed by atoms with Gasteiger partial charge in [0.2, 0.25) is 0 Å². The summed E-state index contributed by atoms with van der Waals surface area (Å²) in [7, 11) is 0. The van der Waals surface area contributed by atoms with Crippen LogP contribution >= 0.6 is 11.6 Å². The van der Waals surface area contributed by atoms with Crippen LogP contribution in [0.25, 0.3) is 33.3 Å². The molecule has 3 heterocycles. The number of rotatable bonds is 11. The summed E-state index contributed by atoms with van der Waals surface area (Å²) in [5.74, 6) is -0.427. The molecule has 9 nitrogen and oxygen atoms in total. The highest BCUT2D eigenvalue weighted by molar-refractivity contribution is 6.34. The minimum atomic E-state index is -0.981. The Morgan fingerprint density at radius 2 is 1.79 bits per heavy atom. The van der Waals surface area contributed by atoms with Crippen LogP contribution in [0.2, 0.25) is 5.02 Å². The number of ether oxygens (including phenoxy) is 3. The number of aromatic amines is 1. The number of benzene rings is 3. The van der Waals surface area contributed by atoms with Crippen LogP contribution in [-0.2, 0) is 20.8 Å². The molecule has 0 spiro atoms. The van der Waals surface area contributed by atoms with Crippen molar-refractivity contribution >= 4 is 28.6 Å². The summed E-state index contributed by atoms with van der Waals surface area (Å²) in [6.45, 7) is 4.52. The third kappa shape index (κ3) is 6.61. The molecule has 2 saturated heterocycles. The molecule has 0 bridgehead atoms. The van der Waals surface area contributed by atoms with E-state index in [2.05, 4.69) is 63.4 Å².